The second-order valence-electron chi connectivity index (χ2n) is 4.82. The zero-order valence-electron chi connectivity index (χ0n) is 10.4. The van der Waals surface area contributed by atoms with E-state index in [1.807, 2.05) is 12.1 Å². The summed E-state index contributed by atoms with van der Waals surface area (Å²) in [5, 5.41) is 0. The van der Waals surface area contributed by atoms with Crippen LogP contribution in [0.1, 0.15) is 37.7 Å². The smallest absolute Gasteiger partial charge is 0.104 e. The summed E-state index contributed by atoms with van der Waals surface area (Å²) in [6.45, 7) is 0. The van der Waals surface area contributed by atoms with Crippen LogP contribution in [0.15, 0.2) is 24.3 Å². The van der Waals surface area contributed by atoms with Crippen LogP contribution in [0.3, 0.4) is 0 Å². The van der Waals surface area contributed by atoms with Crippen molar-refractivity contribution in [2.75, 3.05) is 11.9 Å². The predicted molar refractivity (Wildman–Crippen MR) is 77.6 cm³/mol. The minimum absolute atomic E-state index is 0.476. The Balaban J connectivity index is 2.14. The number of hydrogen-bond acceptors (Lipinski definition) is 2. The highest BCUT2D eigenvalue weighted by Crippen LogP contribution is 2.26. The molecule has 1 aromatic rings. The van der Waals surface area contributed by atoms with Crippen molar-refractivity contribution in [2.24, 2.45) is 5.73 Å². The van der Waals surface area contributed by atoms with Gasteiger partial charge in [0.15, 0.2) is 0 Å². The monoisotopic (exact) mass is 248 g/mol. The maximum Gasteiger partial charge on any atom is 0.104 e. The number of nitrogens with two attached hydrogens (primary N) is 1. The molecular weight excluding hydrogens is 228 g/mol. The van der Waals surface area contributed by atoms with Crippen LogP contribution < -0.4 is 10.6 Å². The Hall–Kier alpha value is -1.09. The van der Waals surface area contributed by atoms with Crippen LogP contribution in [-0.2, 0) is 0 Å². The number of nitrogens with zero attached hydrogens (tertiary/aromatic N) is 1. The molecule has 1 aromatic carbocycles. The molecule has 0 saturated heterocycles. The Morgan fingerprint density at radius 2 is 2.00 bits per heavy atom. The van der Waals surface area contributed by atoms with Crippen LogP contribution in [-0.4, -0.2) is 18.1 Å². The highest BCUT2D eigenvalue weighted by molar-refractivity contribution is 7.80. The topological polar surface area (TPSA) is 29.3 Å². The van der Waals surface area contributed by atoms with Crippen LogP contribution in [0.25, 0.3) is 0 Å². The van der Waals surface area contributed by atoms with Crippen molar-refractivity contribution in [3.05, 3.63) is 29.8 Å². The first-order valence-corrected chi connectivity index (χ1v) is 6.72. The van der Waals surface area contributed by atoms with Gasteiger partial charge >= 0.3 is 0 Å². The van der Waals surface area contributed by atoms with E-state index < -0.39 is 0 Å². The average Bonchev–Trinajstić information content (AvgIpc) is 2.39. The van der Waals surface area contributed by atoms with Gasteiger partial charge in [0.05, 0.1) is 0 Å². The van der Waals surface area contributed by atoms with E-state index in [2.05, 4.69) is 24.1 Å². The summed E-state index contributed by atoms with van der Waals surface area (Å²) in [6.07, 6.45) is 6.69. The van der Waals surface area contributed by atoms with Crippen molar-refractivity contribution in [2.45, 2.75) is 38.1 Å². The van der Waals surface area contributed by atoms with E-state index in [9.17, 15) is 0 Å². The van der Waals surface area contributed by atoms with Gasteiger partial charge in [-0.15, -0.1) is 0 Å². The highest BCUT2D eigenvalue weighted by Gasteiger charge is 2.18. The molecule has 1 saturated carbocycles. The van der Waals surface area contributed by atoms with Gasteiger partial charge < -0.3 is 10.6 Å². The molecule has 2 N–H and O–H groups in total. The van der Waals surface area contributed by atoms with Gasteiger partial charge in [-0.1, -0.05) is 43.6 Å². The molecular formula is C14H20N2S. The molecule has 0 radical (unpaired) electrons. The quantitative estimate of drug-likeness (QED) is 0.834. The molecule has 0 aromatic heterocycles. The van der Waals surface area contributed by atoms with E-state index in [0.29, 0.717) is 11.0 Å². The SMILES string of the molecule is CN(c1cccc(C(N)=S)c1)C1CCCCC1. The minimum atomic E-state index is 0.476. The molecule has 17 heavy (non-hydrogen) atoms. The van der Waals surface area contributed by atoms with Crippen LogP contribution in [0.2, 0.25) is 0 Å². The number of anilines is 1. The molecule has 92 valence electrons. The zero-order chi connectivity index (χ0) is 12.3. The first kappa shape index (κ1) is 12.4. The van der Waals surface area contributed by atoms with Crippen LogP contribution >= 0.6 is 12.2 Å². The van der Waals surface area contributed by atoms with E-state index in [-0.39, 0.29) is 0 Å². The number of hydrogen-bond donors (Lipinski definition) is 1. The molecule has 0 heterocycles. The summed E-state index contributed by atoms with van der Waals surface area (Å²) in [7, 11) is 2.18. The van der Waals surface area contributed by atoms with Crippen molar-refractivity contribution < 1.29 is 0 Å². The summed E-state index contributed by atoms with van der Waals surface area (Å²) in [4.78, 5) is 2.85. The normalized spacial score (nSPS) is 16.8. The van der Waals surface area contributed by atoms with Gasteiger partial charge in [0.2, 0.25) is 0 Å². The molecule has 0 atom stereocenters. The van der Waals surface area contributed by atoms with Gasteiger partial charge in [-0.2, -0.15) is 0 Å². The molecule has 0 unspecified atom stereocenters. The minimum Gasteiger partial charge on any atom is -0.389 e. The number of rotatable bonds is 3. The van der Waals surface area contributed by atoms with E-state index >= 15 is 0 Å². The Morgan fingerprint density at radius 3 is 2.65 bits per heavy atom. The van der Waals surface area contributed by atoms with E-state index in [4.69, 9.17) is 18.0 Å². The maximum absolute atomic E-state index is 5.67. The molecule has 3 heteroatoms. The first-order chi connectivity index (χ1) is 8.18. The lowest BCUT2D eigenvalue weighted by Crippen LogP contribution is -2.33. The Bertz CT molecular complexity index is 397. The third kappa shape index (κ3) is 2.97. The number of thiocarbonyl (C=S) groups is 1. The zero-order valence-corrected chi connectivity index (χ0v) is 11.2. The molecule has 1 fully saturated rings. The Labute approximate surface area is 109 Å². The van der Waals surface area contributed by atoms with E-state index in [1.165, 1.54) is 37.8 Å². The molecule has 2 nitrogen and oxygen atoms in total. The maximum atomic E-state index is 5.67. The van der Waals surface area contributed by atoms with E-state index in [1.54, 1.807) is 0 Å². The van der Waals surface area contributed by atoms with Crippen LogP contribution in [0, 0.1) is 0 Å². The second kappa shape index (κ2) is 5.50. The molecule has 1 aliphatic carbocycles. The Morgan fingerprint density at radius 1 is 1.29 bits per heavy atom. The summed E-state index contributed by atoms with van der Waals surface area (Å²) >= 11 is 5.02. The highest BCUT2D eigenvalue weighted by atomic mass is 32.1. The second-order valence-corrected chi connectivity index (χ2v) is 5.26. The third-order valence-corrected chi connectivity index (χ3v) is 3.90. The van der Waals surface area contributed by atoms with Crippen molar-refractivity contribution in [3.63, 3.8) is 0 Å². The third-order valence-electron chi connectivity index (χ3n) is 3.66. The molecule has 1 aliphatic rings. The summed E-state index contributed by atoms with van der Waals surface area (Å²) < 4.78 is 0. The fraction of sp³-hybridized carbons (Fsp3) is 0.500. The predicted octanol–water partition coefficient (Wildman–Crippen LogP) is 3.09. The Kier molecular flexibility index (Phi) is 4.00. The largest absolute Gasteiger partial charge is 0.389 e. The van der Waals surface area contributed by atoms with Gasteiger partial charge in [-0.25, -0.2) is 0 Å². The lowest BCUT2D eigenvalue weighted by molar-refractivity contribution is 0.427. The fourth-order valence-electron chi connectivity index (χ4n) is 2.56. The van der Waals surface area contributed by atoms with Crippen molar-refractivity contribution in [3.8, 4) is 0 Å². The molecule has 2 rings (SSSR count). The van der Waals surface area contributed by atoms with Gasteiger partial charge in [-0.3, -0.25) is 0 Å². The fourth-order valence-corrected chi connectivity index (χ4v) is 2.68. The van der Waals surface area contributed by atoms with Gasteiger partial charge in [0.1, 0.15) is 4.99 Å². The van der Waals surface area contributed by atoms with E-state index in [0.717, 1.165) is 5.56 Å². The van der Waals surface area contributed by atoms with Gasteiger partial charge in [0, 0.05) is 24.3 Å². The van der Waals surface area contributed by atoms with Crippen LogP contribution in [0.4, 0.5) is 5.69 Å². The van der Waals surface area contributed by atoms with Gasteiger partial charge in [0.25, 0.3) is 0 Å². The standard InChI is InChI=1S/C14H20N2S/c1-16(12-7-3-2-4-8-12)13-9-5-6-11(10-13)14(15)17/h5-6,9-10,12H,2-4,7-8H2,1H3,(H2,15,17). The van der Waals surface area contributed by atoms with Crippen molar-refractivity contribution >= 4 is 22.9 Å². The van der Waals surface area contributed by atoms with Gasteiger partial charge in [-0.05, 0) is 25.0 Å². The van der Waals surface area contributed by atoms with Crippen molar-refractivity contribution in [1.29, 1.82) is 0 Å². The summed E-state index contributed by atoms with van der Waals surface area (Å²) in [6, 6.07) is 8.90. The molecule has 0 bridgehead atoms. The average molecular weight is 248 g/mol. The van der Waals surface area contributed by atoms with Crippen molar-refractivity contribution in [1.82, 2.24) is 0 Å². The molecule has 0 spiro atoms. The van der Waals surface area contributed by atoms with Crippen LogP contribution in [0.5, 0.6) is 0 Å². The lowest BCUT2D eigenvalue weighted by atomic mass is 9.94. The molecule has 0 aliphatic heterocycles. The lowest BCUT2D eigenvalue weighted by Gasteiger charge is -2.33. The molecule has 0 amide bonds. The first-order valence-electron chi connectivity index (χ1n) is 6.31. The summed E-state index contributed by atoms with van der Waals surface area (Å²) in [5.41, 5.74) is 7.86. The summed E-state index contributed by atoms with van der Waals surface area (Å²) in [5.74, 6) is 0. The number of benzene rings is 1.